The molecule has 5 nitrogen and oxygen atoms in total. The maximum Gasteiger partial charge on any atom is 0.261 e. The summed E-state index contributed by atoms with van der Waals surface area (Å²) in [6.45, 7) is 5.11. The normalized spacial score (nSPS) is 23.2. The zero-order valence-electron chi connectivity index (χ0n) is 13.6. The lowest BCUT2D eigenvalue weighted by molar-refractivity contribution is 0.0575. The molecule has 0 aromatic heterocycles. The number of piperidine rings is 1. The molecule has 124 valence electrons. The molecule has 2 amide bonds. The van der Waals surface area contributed by atoms with Crippen LogP contribution >= 0.6 is 0 Å². The Morgan fingerprint density at radius 3 is 2.43 bits per heavy atom. The number of aliphatic hydroxyl groups excluding tert-OH is 1. The molecule has 0 spiro atoms. The second kappa shape index (κ2) is 6.81. The van der Waals surface area contributed by atoms with E-state index < -0.39 is 0 Å². The molecule has 1 fully saturated rings. The van der Waals surface area contributed by atoms with Crippen LogP contribution in [0.2, 0.25) is 0 Å². The molecule has 1 aromatic rings. The van der Waals surface area contributed by atoms with Gasteiger partial charge in [-0.2, -0.15) is 0 Å². The van der Waals surface area contributed by atoms with E-state index in [1.807, 2.05) is 6.92 Å². The Morgan fingerprint density at radius 2 is 1.83 bits per heavy atom. The summed E-state index contributed by atoms with van der Waals surface area (Å²) < 4.78 is 0. The first kappa shape index (κ1) is 16.1. The van der Waals surface area contributed by atoms with Crippen molar-refractivity contribution in [3.05, 3.63) is 35.4 Å². The number of amides is 2. The first-order valence-corrected chi connectivity index (χ1v) is 8.43. The molecule has 1 aromatic carbocycles. The molecular formula is C18H24N2O3. The Labute approximate surface area is 136 Å². The van der Waals surface area contributed by atoms with Crippen LogP contribution in [-0.4, -0.2) is 59.0 Å². The van der Waals surface area contributed by atoms with Crippen molar-refractivity contribution in [2.24, 2.45) is 5.92 Å². The van der Waals surface area contributed by atoms with Crippen molar-refractivity contribution < 1.29 is 14.7 Å². The molecule has 2 aliphatic rings. The molecule has 5 heteroatoms. The van der Waals surface area contributed by atoms with Crippen LogP contribution in [0.15, 0.2) is 24.3 Å². The van der Waals surface area contributed by atoms with Crippen LogP contribution in [0.1, 0.15) is 46.9 Å². The average Bonchev–Trinajstić information content (AvgIpc) is 2.80. The largest absolute Gasteiger partial charge is 0.393 e. The number of hydrogen-bond donors (Lipinski definition) is 1. The Kier molecular flexibility index (Phi) is 4.78. The van der Waals surface area contributed by atoms with E-state index in [-0.39, 0.29) is 17.9 Å². The predicted octanol–water partition coefficient (Wildman–Crippen LogP) is 1.77. The lowest BCUT2D eigenvalue weighted by Gasteiger charge is -2.34. The number of fused-ring (bicyclic) bond motifs is 1. The van der Waals surface area contributed by atoms with E-state index in [2.05, 4.69) is 4.90 Å². The van der Waals surface area contributed by atoms with E-state index in [4.69, 9.17) is 0 Å². The summed E-state index contributed by atoms with van der Waals surface area (Å²) in [6.07, 6.45) is 2.68. The van der Waals surface area contributed by atoms with Crippen LogP contribution in [0.25, 0.3) is 0 Å². The average molecular weight is 316 g/mol. The Bertz CT molecular complexity index is 565. The summed E-state index contributed by atoms with van der Waals surface area (Å²) in [7, 11) is 0. The van der Waals surface area contributed by atoms with Crippen molar-refractivity contribution in [2.45, 2.75) is 32.3 Å². The minimum atomic E-state index is -0.269. The molecule has 0 saturated carbocycles. The first-order valence-electron chi connectivity index (χ1n) is 8.43. The summed E-state index contributed by atoms with van der Waals surface area (Å²) in [5, 5.41) is 9.74. The predicted molar refractivity (Wildman–Crippen MR) is 87.3 cm³/mol. The molecule has 2 atom stereocenters. The molecular weight excluding hydrogens is 292 g/mol. The third-order valence-corrected chi connectivity index (χ3v) is 4.96. The van der Waals surface area contributed by atoms with Gasteiger partial charge in [0.15, 0.2) is 0 Å². The Hall–Kier alpha value is -1.72. The monoisotopic (exact) mass is 316 g/mol. The minimum Gasteiger partial charge on any atom is -0.393 e. The molecule has 1 N–H and O–H groups in total. The molecule has 3 rings (SSSR count). The van der Waals surface area contributed by atoms with Crippen LogP contribution in [0.5, 0.6) is 0 Å². The van der Waals surface area contributed by atoms with Crippen molar-refractivity contribution in [3.8, 4) is 0 Å². The van der Waals surface area contributed by atoms with E-state index in [1.165, 1.54) is 4.90 Å². The van der Waals surface area contributed by atoms with Crippen LogP contribution < -0.4 is 0 Å². The van der Waals surface area contributed by atoms with Crippen molar-refractivity contribution in [3.63, 3.8) is 0 Å². The molecule has 0 radical (unpaired) electrons. The quantitative estimate of drug-likeness (QED) is 0.841. The second-order valence-corrected chi connectivity index (χ2v) is 6.60. The van der Waals surface area contributed by atoms with Crippen LogP contribution in [0.3, 0.4) is 0 Å². The van der Waals surface area contributed by atoms with Crippen LogP contribution in [-0.2, 0) is 0 Å². The first-order chi connectivity index (χ1) is 11.1. The van der Waals surface area contributed by atoms with Gasteiger partial charge in [-0.3, -0.25) is 14.5 Å². The van der Waals surface area contributed by atoms with Gasteiger partial charge < -0.3 is 10.0 Å². The molecule has 1 saturated heterocycles. The smallest absolute Gasteiger partial charge is 0.261 e. The van der Waals surface area contributed by atoms with Crippen molar-refractivity contribution in [1.29, 1.82) is 0 Å². The van der Waals surface area contributed by atoms with Gasteiger partial charge in [-0.25, -0.2) is 0 Å². The van der Waals surface area contributed by atoms with Gasteiger partial charge in [-0.1, -0.05) is 12.1 Å². The maximum absolute atomic E-state index is 12.3. The van der Waals surface area contributed by atoms with Crippen molar-refractivity contribution in [2.75, 3.05) is 26.2 Å². The molecule has 0 aliphatic carbocycles. The van der Waals surface area contributed by atoms with Crippen molar-refractivity contribution in [1.82, 2.24) is 9.80 Å². The Morgan fingerprint density at radius 1 is 1.17 bits per heavy atom. The van der Waals surface area contributed by atoms with E-state index in [0.29, 0.717) is 23.6 Å². The van der Waals surface area contributed by atoms with Gasteiger partial charge in [-0.15, -0.1) is 0 Å². The number of rotatable bonds is 5. The standard InChI is InChI=1S/C18H24N2O3/c1-13(21)14-6-4-9-19(12-14)10-5-11-20-17(22)15-7-2-3-8-16(15)18(20)23/h2-3,7-8,13-14,21H,4-6,9-12H2,1H3. The highest BCUT2D eigenvalue weighted by atomic mass is 16.3. The van der Waals surface area contributed by atoms with Gasteiger partial charge >= 0.3 is 0 Å². The number of carbonyl (C=O) groups excluding carboxylic acids is 2. The molecule has 2 heterocycles. The highest BCUT2D eigenvalue weighted by Gasteiger charge is 2.34. The topological polar surface area (TPSA) is 60.9 Å². The SMILES string of the molecule is CC(O)C1CCCN(CCCN2C(=O)c3ccccc3C2=O)C1. The summed E-state index contributed by atoms with van der Waals surface area (Å²) in [4.78, 5) is 28.3. The lowest BCUT2D eigenvalue weighted by Crippen LogP contribution is -2.41. The minimum absolute atomic E-state index is 0.175. The fourth-order valence-corrected chi connectivity index (χ4v) is 3.58. The summed E-state index contributed by atoms with van der Waals surface area (Å²) in [5.74, 6) is -0.0137. The zero-order valence-corrected chi connectivity index (χ0v) is 13.6. The van der Waals surface area contributed by atoms with Gasteiger partial charge in [0.25, 0.3) is 11.8 Å². The molecule has 2 unspecified atom stereocenters. The maximum atomic E-state index is 12.3. The summed E-state index contributed by atoms with van der Waals surface area (Å²) >= 11 is 0. The Balaban J connectivity index is 1.52. The lowest BCUT2D eigenvalue weighted by atomic mass is 9.93. The van der Waals surface area contributed by atoms with E-state index in [9.17, 15) is 14.7 Å². The van der Waals surface area contributed by atoms with Gasteiger partial charge in [0.05, 0.1) is 17.2 Å². The third kappa shape index (κ3) is 3.31. The molecule has 23 heavy (non-hydrogen) atoms. The number of benzene rings is 1. The number of likely N-dealkylation sites (tertiary alicyclic amines) is 1. The van der Waals surface area contributed by atoms with Gasteiger partial charge in [0.2, 0.25) is 0 Å². The van der Waals surface area contributed by atoms with Crippen LogP contribution in [0, 0.1) is 5.92 Å². The highest BCUT2D eigenvalue weighted by Crippen LogP contribution is 2.23. The number of aliphatic hydroxyl groups is 1. The van der Waals surface area contributed by atoms with E-state index >= 15 is 0 Å². The highest BCUT2D eigenvalue weighted by molar-refractivity contribution is 6.21. The van der Waals surface area contributed by atoms with Crippen molar-refractivity contribution >= 4 is 11.8 Å². The number of carbonyl (C=O) groups is 2. The molecule has 0 bridgehead atoms. The fourth-order valence-electron chi connectivity index (χ4n) is 3.58. The fraction of sp³-hybridized carbons (Fsp3) is 0.556. The third-order valence-electron chi connectivity index (χ3n) is 4.96. The molecule has 2 aliphatic heterocycles. The van der Waals surface area contributed by atoms with Gasteiger partial charge in [-0.05, 0) is 57.3 Å². The number of nitrogens with zero attached hydrogens (tertiary/aromatic N) is 2. The second-order valence-electron chi connectivity index (χ2n) is 6.60. The van der Waals surface area contributed by atoms with Gasteiger partial charge in [0, 0.05) is 13.1 Å². The summed E-state index contributed by atoms with van der Waals surface area (Å²) in [5.41, 5.74) is 1.04. The van der Waals surface area contributed by atoms with E-state index in [0.717, 1.165) is 38.9 Å². The summed E-state index contributed by atoms with van der Waals surface area (Å²) in [6, 6.07) is 7.01. The van der Waals surface area contributed by atoms with E-state index in [1.54, 1.807) is 24.3 Å². The number of imide groups is 1. The van der Waals surface area contributed by atoms with Crippen LogP contribution in [0.4, 0.5) is 0 Å². The van der Waals surface area contributed by atoms with Gasteiger partial charge in [0.1, 0.15) is 0 Å². The number of hydrogen-bond acceptors (Lipinski definition) is 4. The zero-order chi connectivity index (χ0) is 16.4.